The maximum absolute atomic E-state index is 9.39. The van der Waals surface area contributed by atoms with Gasteiger partial charge in [0.1, 0.15) is 0 Å². The van der Waals surface area contributed by atoms with Gasteiger partial charge >= 0.3 is 0 Å². The van der Waals surface area contributed by atoms with Crippen LogP contribution in [0, 0.1) is 8.99 Å². The zero-order valence-corrected chi connectivity index (χ0v) is 16.9. The van der Waals surface area contributed by atoms with Crippen LogP contribution in [0.3, 0.4) is 0 Å². The average Bonchev–Trinajstić information content (AvgIpc) is 2.57. The Hall–Kier alpha value is -0.130. The molecule has 132 valence electrons. The standard InChI is InChI=1S/C20H33IO2/c1-3-4-5-6-7-8-9-17-10-11-18(19(21)14-17)12-13-20(2,15-22)16-23/h10-11,14,22-23H,3-9,12-13,15-16H2,1-2H3. The predicted octanol–water partition coefficient (Wildman–Crippen LogP) is 5.12. The number of hydrogen-bond acceptors (Lipinski definition) is 2. The van der Waals surface area contributed by atoms with Crippen molar-refractivity contribution in [2.24, 2.45) is 5.41 Å². The summed E-state index contributed by atoms with van der Waals surface area (Å²) in [6.07, 6.45) is 10.9. The molecule has 3 heteroatoms. The number of benzene rings is 1. The van der Waals surface area contributed by atoms with Crippen molar-refractivity contribution in [2.75, 3.05) is 13.2 Å². The number of hydrogen-bond donors (Lipinski definition) is 2. The third kappa shape index (κ3) is 7.99. The van der Waals surface area contributed by atoms with E-state index in [1.807, 2.05) is 6.92 Å². The number of aryl methyl sites for hydroxylation is 2. The van der Waals surface area contributed by atoms with Crippen LogP contribution in [-0.4, -0.2) is 23.4 Å². The third-order valence-corrected chi connectivity index (χ3v) is 5.70. The summed E-state index contributed by atoms with van der Waals surface area (Å²) in [5, 5.41) is 18.8. The van der Waals surface area contributed by atoms with E-state index in [1.165, 1.54) is 59.6 Å². The number of unbranched alkanes of at least 4 members (excludes halogenated alkanes) is 5. The van der Waals surface area contributed by atoms with Crippen molar-refractivity contribution >= 4 is 22.6 Å². The summed E-state index contributed by atoms with van der Waals surface area (Å²) in [5.74, 6) is 0. The monoisotopic (exact) mass is 432 g/mol. The van der Waals surface area contributed by atoms with Gasteiger partial charge in [0.15, 0.2) is 0 Å². The van der Waals surface area contributed by atoms with Crippen LogP contribution in [0.2, 0.25) is 0 Å². The van der Waals surface area contributed by atoms with Gasteiger partial charge in [-0.1, -0.05) is 58.1 Å². The molecule has 1 aromatic carbocycles. The third-order valence-electron chi connectivity index (χ3n) is 4.70. The lowest BCUT2D eigenvalue weighted by Crippen LogP contribution is -2.26. The van der Waals surface area contributed by atoms with Crippen LogP contribution in [-0.2, 0) is 12.8 Å². The lowest BCUT2D eigenvalue weighted by molar-refractivity contribution is 0.0631. The Balaban J connectivity index is 2.42. The molecule has 0 bridgehead atoms. The van der Waals surface area contributed by atoms with Gasteiger partial charge in [-0.05, 0) is 65.5 Å². The van der Waals surface area contributed by atoms with E-state index in [4.69, 9.17) is 0 Å². The molecule has 0 radical (unpaired) electrons. The molecule has 0 fully saturated rings. The Bertz CT molecular complexity index is 441. The molecule has 2 nitrogen and oxygen atoms in total. The van der Waals surface area contributed by atoms with Crippen LogP contribution in [0.15, 0.2) is 18.2 Å². The van der Waals surface area contributed by atoms with Gasteiger partial charge in [0, 0.05) is 8.99 Å². The van der Waals surface area contributed by atoms with E-state index in [1.54, 1.807) is 0 Å². The number of halogens is 1. The fraction of sp³-hybridized carbons (Fsp3) is 0.700. The average molecular weight is 432 g/mol. The van der Waals surface area contributed by atoms with Crippen LogP contribution in [0.25, 0.3) is 0 Å². The highest BCUT2D eigenvalue weighted by atomic mass is 127. The van der Waals surface area contributed by atoms with Crippen molar-refractivity contribution in [1.29, 1.82) is 0 Å². The second-order valence-corrected chi connectivity index (χ2v) is 8.23. The summed E-state index contributed by atoms with van der Waals surface area (Å²) in [7, 11) is 0. The normalized spacial score (nSPS) is 11.9. The summed E-state index contributed by atoms with van der Waals surface area (Å²) in [4.78, 5) is 0. The molecule has 23 heavy (non-hydrogen) atoms. The van der Waals surface area contributed by atoms with E-state index in [2.05, 4.69) is 47.7 Å². The Labute approximate surface area is 155 Å². The molecule has 0 aromatic heterocycles. The van der Waals surface area contributed by atoms with Crippen molar-refractivity contribution in [1.82, 2.24) is 0 Å². The van der Waals surface area contributed by atoms with Crippen molar-refractivity contribution in [2.45, 2.75) is 71.6 Å². The fourth-order valence-corrected chi connectivity index (χ4v) is 3.55. The zero-order valence-electron chi connectivity index (χ0n) is 14.8. The maximum Gasteiger partial charge on any atom is 0.0506 e. The summed E-state index contributed by atoms with van der Waals surface area (Å²) < 4.78 is 1.31. The van der Waals surface area contributed by atoms with Crippen LogP contribution >= 0.6 is 22.6 Å². The van der Waals surface area contributed by atoms with Crippen LogP contribution < -0.4 is 0 Å². The maximum atomic E-state index is 9.39. The van der Waals surface area contributed by atoms with Gasteiger partial charge < -0.3 is 10.2 Å². The highest BCUT2D eigenvalue weighted by molar-refractivity contribution is 14.1. The van der Waals surface area contributed by atoms with Crippen molar-refractivity contribution in [3.63, 3.8) is 0 Å². The Morgan fingerprint density at radius 2 is 1.61 bits per heavy atom. The highest BCUT2D eigenvalue weighted by Crippen LogP contribution is 2.25. The molecule has 2 N–H and O–H groups in total. The Morgan fingerprint density at radius 3 is 2.22 bits per heavy atom. The number of aliphatic hydroxyl groups is 2. The molecule has 0 saturated carbocycles. The van der Waals surface area contributed by atoms with Gasteiger partial charge in [-0.25, -0.2) is 0 Å². The first-order valence-corrected chi connectivity index (χ1v) is 10.1. The molecule has 1 aromatic rings. The first kappa shape index (κ1) is 20.9. The minimum atomic E-state index is -0.375. The van der Waals surface area contributed by atoms with E-state index in [9.17, 15) is 10.2 Å². The highest BCUT2D eigenvalue weighted by Gasteiger charge is 2.22. The molecule has 0 aliphatic heterocycles. The van der Waals surface area contributed by atoms with Crippen molar-refractivity contribution in [3.05, 3.63) is 32.9 Å². The molecular formula is C20H33IO2. The van der Waals surface area contributed by atoms with Crippen molar-refractivity contribution < 1.29 is 10.2 Å². The summed E-state index contributed by atoms with van der Waals surface area (Å²) in [5.41, 5.74) is 2.38. The lowest BCUT2D eigenvalue weighted by atomic mass is 9.86. The van der Waals surface area contributed by atoms with Crippen LogP contribution in [0.5, 0.6) is 0 Å². The fourth-order valence-electron chi connectivity index (χ4n) is 2.70. The van der Waals surface area contributed by atoms with Crippen LogP contribution in [0.1, 0.15) is 69.9 Å². The summed E-state index contributed by atoms with van der Waals surface area (Å²) in [6.45, 7) is 4.27. The molecule has 0 aliphatic rings. The minimum absolute atomic E-state index is 0.0379. The van der Waals surface area contributed by atoms with E-state index < -0.39 is 0 Å². The summed E-state index contributed by atoms with van der Waals surface area (Å²) in [6, 6.07) is 6.78. The van der Waals surface area contributed by atoms with Gasteiger partial charge in [0.25, 0.3) is 0 Å². The molecule has 0 unspecified atom stereocenters. The molecular weight excluding hydrogens is 399 g/mol. The molecule has 1 rings (SSSR count). The predicted molar refractivity (Wildman–Crippen MR) is 107 cm³/mol. The van der Waals surface area contributed by atoms with Gasteiger partial charge in [0.05, 0.1) is 13.2 Å². The van der Waals surface area contributed by atoms with E-state index in [0.717, 1.165) is 12.8 Å². The number of rotatable bonds is 12. The Morgan fingerprint density at radius 1 is 0.957 bits per heavy atom. The van der Waals surface area contributed by atoms with Crippen molar-refractivity contribution in [3.8, 4) is 0 Å². The number of aliphatic hydroxyl groups excluding tert-OH is 2. The molecule has 0 spiro atoms. The minimum Gasteiger partial charge on any atom is -0.396 e. The van der Waals surface area contributed by atoms with Gasteiger partial charge in [-0.3, -0.25) is 0 Å². The molecule has 0 heterocycles. The largest absolute Gasteiger partial charge is 0.396 e. The smallest absolute Gasteiger partial charge is 0.0506 e. The Kier molecular flexibility index (Phi) is 10.4. The van der Waals surface area contributed by atoms with Gasteiger partial charge in [-0.2, -0.15) is 0 Å². The zero-order chi connectivity index (χ0) is 17.1. The van der Waals surface area contributed by atoms with Gasteiger partial charge in [-0.15, -0.1) is 0 Å². The van der Waals surface area contributed by atoms with E-state index in [-0.39, 0.29) is 18.6 Å². The molecule has 0 aliphatic carbocycles. The molecule has 0 saturated heterocycles. The van der Waals surface area contributed by atoms with Gasteiger partial charge in [0.2, 0.25) is 0 Å². The lowest BCUT2D eigenvalue weighted by Gasteiger charge is -2.24. The van der Waals surface area contributed by atoms with E-state index >= 15 is 0 Å². The molecule has 0 amide bonds. The first-order valence-electron chi connectivity index (χ1n) is 9.03. The first-order chi connectivity index (χ1) is 11.0. The second kappa shape index (κ2) is 11.4. The SMILES string of the molecule is CCCCCCCCc1ccc(CCC(C)(CO)CO)c(I)c1. The summed E-state index contributed by atoms with van der Waals surface area (Å²) >= 11 is 2.42. The topological polar surface area (TPSA) is 40.5 Å². The molecule has 0 atom stereocenters. The van der Waals surface area contributed by atoms with Crippen LogP contribution in [0.4, 0.5) is 0 Å². The van der Waals surface area contributed by atoms with E-state index in [0.29, 0.717) is 0 Å². The second-order valence-electron chi connectivity index (χ2n) is 7.07. The quantitative estimate of drug-likeness (QED) is 0.356.